The zero-order valence-corrected chi connectivity index (χ0v) is 45.5. The van der Waals surface area contributed by atoms with Crippen molar-refractivity contribution >= 4 is 99.5 Å². The Morgan fingerprint density at radius 2 is 0.641 bits per heavy atom. The Morgan fingerprint density at radius 1 is 0.295 bits per heavy atom. The van der Waals surface area contributed by atoms with E-state index in [1.807, 2.05) is 0 Å². The topological polar surface area (TPSA) is 32.8 Å². The molecule has 0 unspecified atom stereocenters. The van der Waals surface area contributed by atoms with Gasteiger partial charge in [0.15, 0.2) is 0 Å². The fraction of sp³-hybridized carbons (Fsp3) is 0.162. The molecule has 2 aromatic heterocycles. The summed E-state index contributed by atoms with van der Waals surface area (Å²) in [6.07, 6.45) is 0. The predicted octanol–water partition coefficient (Wildman–Crippen LogP) is 21.6. The zero-order chi connectivity index (χ0) is 52.9. The summed E-state index contributed by atoms with van der Waals surface area (Å²) in [6, 6.07) is 77.1. The van der Waals surface area contributed by atoms with Gasteiger partial charge in [-0.25, -0.2) is 0 Å². The van der Waals surface area contributed by atoms with E-state index in [9.17, 15) is 0 Å². The molecule has 0 bridgehead atoms. The molecule has 2 aliphatic carbocycles. The van der Waals surface area contributed by atoms with Crippen molar-refractivity contribution in [2.75, 3.05) is 9.80 Å². The third-order valence-corrected chi connectivity index (χ3v) is 17.7. The van der Waals surface area contributed by atoms with E-state index >= 15 is 0 Å². The normalized spacial score (nSPS) is 14.1. The molecule has 4 heteroatoms. The second kappa shape index (κ2) is 16.8. The highest BCUT2D eigenvalue weighted by atomic mass is 16.3. The van der Waals surface area contributed by atoms with E-state index < -0.39 is 0 Å². The van der Waals surface area contributed by atoms with Crippen molar-refractivity contribution in [1.29, 1.82) is 0 Å². The summed E-state index contributed by atoms with van der Waals surface area (Å²) < 4.78 is 13.6. The Morgan fingerprint density at radius 3 is 1.06 bits per heavy atom. The molecule has 0 saturated carbocycles. The van der Waals surface area contributed by atoms with Crippen molar-refractivity contribution in [3.63, 3.8) is 0 Å². The molecule has 0 spiro atoms. The quantitative estimate of drug-likeness (QED) is 0.152. The van der Waals surface area contributed by atoms with E-state index in [-0.39, 0.29) is 10.8 Å². The Kier molecular flexibility index (Phi) is 10.0. The Hall–Kier alpha value is -8.86. The molecule has 2 heterocycles. The summed E-state index contributed by atoms with van der Waals surface area (Å²) in [4.78, 5) is 4.81. The van der Waals surface area contributed by atoms with Gasteiger partial charge >= 0.3 is 0 Å². The maximum Gasteiger partial charge on any atom is 0.139 e. The summed E-state index contributed by atoms with van der Waals surface area (Å²) >= 11 is 0. The van der Waals surface area contributed by atoms with E-state index in [4.69, 9.17) is 8.83 Å². The van der Waals surface area contributed by atoms with Gasteiger partial charge in [0.1, 0.15) is 22.3 Å². The van der Waals surface area contributed by atoms with E-state index in [2.05, 4.69) is 271 Å². The van der Waals surface area contributed by atoms with Crippen molar-refractivity contribution in [2.45, 2.75) is 78.1 Å². The van der Waals surface area contributed by atoms with Crippen LogP contribution < -0.4 is 9.80 Å². The molecular weight excluding hydrogens is 949 g/mol. The lowest BCUT2D eigenvalue weighted by Gasteiger charge is -2.27. The monoisotopic (exact) mass is 1010 g/mol. The summed E-state index contributed by atoms with van der Waals surface area (Å²) in [6.45, 7) is 18.4. The van der Waals surface area contributed by atoms with E-state index in [0.717, 1.165) is 99.5 Å². The van der Waals surface area contributed by atoms with E-state index in [0.29, 0.717) is 11.8 Å². The molecule has 378 valence electrons. The maximum absolute atomic E-state index is 6.78. The first kappa shape index (κ1) is 46.4. The largest absolute Gasteiger partial charge is 0.456 e. The fourth-order valence-corrected chi connectivity index (χ4v) is 13.4. The highest BCUT2D eigenvalue weighted by Gasteiger charge is 2.37. The molecule has 0 N–H and O–H groups in total. The van der Waals surface area contributed by atoms with Crippen LogP contribution in [-0.2, 0) is 10.8 Å². The molecule has 2 aliphatic rings. The van der Waals surface area contributed by atoms with Crippen molar-refractivity contribution in [3.8, 4) is 22.3 Å². The lowest BCUT2D eigenvalue weighted by molar-refractivity contribution is 0.656. The molecule has 0 radical (unpaired) electrons. The highest BCUT2D eigenvalue weighted by Crippen LogP contribution is 2.53. The maximum atomic E-state index is 6.78. The highest BCUT2D eigenvalue weighted by molar-refractivity contribution is 6.18. The average molecular weight is 1010 g/mol. The van der Waals surface area contributed by atoms with Crippen LogP contribution >= 0.6 is 0 Å². The lowest BCUT2D eigenvalue weighted by atomic mass is 9.82. The standard InChI is InChI=1S/C74H60N2O2/c1-43(2)45-17-23-51(24-18-45)75(55-29-31-67-59(39-55)57-13-9-11-15-65(57)73(67,5)6)53-27-21-47-35-61-63-41-64-62-36-48-22-28-54(34-50(48)38-70(62)78-72(64)42-71(63)77-69(61)37-49(47)33-53)76(52-25-19-46(20-26-52)44(3)4)56-30-32-68-60(40-56)58-14-10-12-16-66(58)74(68,7)8/h9-44H,1-8H3. The number of nitrogens with zero attached hydrogens (tertiary/aromatic N) is 2. The Labute approximate surface area is 455 Å². The van der Waals surface area contributed by atoms with Crippen LogP contribution in [0.3, 0.4) is 0 Å². The first-order valence-electron chi connectivity index (χ1n) is 27.8. The number of benzene rings is 11. The van der Waals surface area contributed by atoms with Gasteiger partial charge in [0, 0.05) is 72.6 Å². The second-order valence-electron chi connectivity index (χ2n) is 23.8. The van der Waals surface area contributed by atoms with Crippen molar-refractivity contribution < 1.29 is 8.83 Å². The van der Waals surface area contributed by atoms with Gasteiger partial charge in [0.05, 0.1) is 0 Å². The van der Waals surface area contributed by atoms with Gasteiger partial charge in [-0.1, -0.05) is 152 Å². The molecule has 4 nitrogen and oxygen atoms in total. The molecule has 0 atom stereocenters. The van der Waals surface area contributed by atoms with Crippen LogP contribution in [0.25, 0.3) is 87.7 Å². The number of fused-ring (bicyclic) bond motifs is 14. The molecule has 0 fully saturated rings. The molecule has 13 aromatic rings. The van der Waals surface area contributed by atoms with Gasteiger partial charge in [0.25, 0.3) is 0 Å². The molecule has 15 rings (SSSR count). The summed E-state index contributed by atoms with van der Waals surface area (Å²) in [7, 11) is 0. The van der Waals surface area contributed by atoms with E-state index in [1.54, 1.807) is 0 Å². The van der Waals surface area contributed by atoms with Crippen LogP contribution in [0.2, 0.25) is 0 Å². The van der Waals surface area contributed by atoms with Crippen molar-refractivity contribution in [3.05, 3.63) is 240 Å². The van der Waals surface area contributed by atoms with Gasteiger partial charge in [-0.05, 0) is 192 Å². The SMILES string of the molecule is CC(C)c1ccc(N(c2ccc3c(c2)-c2ccccc2C3(C)C)c2ccc3cc4c(cc3c2)oc2cc3oc5cc6cc(N(c7ccc(C(C)C)cc7)c7ccc8c(c7)-c7ccccc7C8(C)C)ccc6cc5c3cc24)cc1. The number of furan rings is 2. The minimum Gasteiger partial charge on any atom is -0.456 e. The van der Waals surface area contributed by atoms with Gasteiger partial charge in [0.2, 0.25) is 0 Å². The number of hydrogen-bond acceptors (Lipinski definition) is 4. The number of rotatable bonds is 8. The third-order valence-electron chi connectivity index (χ3n) is 17.7. The molecule has 78 heavy (non-hydrogen) atoms. The van der Waals surface area contributed by atoms with Crippen LogP contribution in [0.4, 0.5) is 34.1 Å². The third kappa shape index (κ3) is 6.98. The Bertz CT molecular complexity index is 4330. The van der Waals surface area contributed by atoms with Crippen LogP contribution in [0.5, 0.6) is 0 Å². The van der Waals surface area contributed by atoms with Crippen LogP contribution in [0, 0.1) is 0 Å². The molecule has 11 aromatic carbocycles. The molecule has 0 aliphatic heterocycles. The fourth-order valence-electron chi connectivity index (χ4n) is 13.4. The molecule has 0 saturated heterocycles. The summed E-state index contributed by atoms with van der Waals surface area (Å²) in [5.74, 6) is 0.889. The first-order chi connectivity index (χ1) is 37.8. The Balaban J connectivity index is 0.811. The van der Waals surface area contributed by atoms with Gasteiger partial charge in [-0.15, -0.1) is 0 Å². The van der Waals surface area contributed by atoms with Gasteiger partial charge in [-0.2, -0.15) is 0 Å². The molecular formula is C74H60N2O2. The zero-order valence-electron chi connectivity index (χ0n) is 45.5. The van der Waals surface area contributed by atoms with Crippen LogP contribution in [0.1, 0.15) is 101 Å². The predicted molar refractivity (Wildman–Crippen MR) is 329 cm³/mol. The van der Waals surface area contributed by atoms with Gasteiger partial charge in [-0.3, -0.25) is 0 Å². The van der Waals surface area contributed by atoms with Crippen LogP contribution in [0.15, 0.2) is 215 Å². The number of hydrogen-bond donors (Lipinski definition) is 0. The molecule has 0 amide bonds. The average Bonchev–Trinajstić information content (AvgIpc) is 4.33. The smallest absolute Gasteiger partial charge is 0.139 e. The van der Waals surface area contributed by atoms with Crippen molar-refractivity contribution in [1.82, 2.24) is 0 Å². The van der Waals surface area contributed by atoms with Gasteiger partial charge < -0.3 is 18.6 Å². The second-order valence-corrected chi connectivity index (χ2v) is 23.8. The minimum absolute atomic E-state index is 0.0646. The summed E-state index contributed by atoms with van der Waals surface area (Å²) in [5.41, 5.74) is 23.3. The minimum atomic E-state index is -0.0646. The summed E-state index contributed by atoms with van der Waals surface area (Å²) in [5, 5.41) is 8.89. The first-order valence-corrected chi connectivity index (χ1v) is 27.8. The van der Waals surface area contributed by atoms with Crippen molar-refractivity contribution in [2.24, 2.45) is 0 Å². The number of anilines is 6. The lowest BCUT2D eigenvalue weighted by Crippen LogP contribution is -2.15. The van der Waals surface area contributed by atoms with Crippen LogP contribution in [-0.4, -0.2) is 0 Å². The van der Waals surface area contributed by atoms with E-state index in [1.165, 1.54) is 55.6 Å².